The highest BCUT2D eigenvalue weighted by Crippen LogP contribution is 2.18. The van der Waals surface area contributed by atoms with Gasteiger partial charge in [-0.25, -0.2) is 9.59 Å². The number of hydrogen-bond donors (Lipinski definition) is 2. The third-order valence-electron chi connectivity index (χ3n) is 2.22. The average Bonchev–Trinajstić information content (AvgIpc) is 2.27. The van der Waals surface area contributed by atoms with Crippen LogP contribution in [-0.2, 0) is 0 Å². The van der Waals surface area contributed by atoms with E-state index in [2.05, 4.69) is 4.98 Å². The summed E-state index contributed by atoms with van der Waals surface area (Å²) in [5.74, 6) is -2.13. The third kappa shape index (κ3) is 1.58. The lowest BCUT2D eigenvalue weighted by atomic mass is 10.1. The van der Waals surface area contributed by atoms with Gasteiger partial charge in [-0.05, 0) is 18.2 Å². The number of hydrogen-bond acceptors (Lipinski definition) is 3. The van der Waals surface area contributed by atoms with Gasteiger partial charge in [0.25, 0.3) is 0 Å². The van der Waals surface area contributed by atoms with E-state index in [1.54, 1.807) is 0 Å². The van der Waals surface area contributed by atoms with Crippen molar-refractivity contribution in [3.05, 3.63) is 41.6 Å². The van der Waals surface area contributed by atoms with Crippen molar-refractivity contribution in [1.29, 1.82) is 0 Å². The van der Waals surface area contributed by atoms with Crippen LogP contribution in [0.25, 0.3) is 10.9 Å². The highest BCUT2D eigenvalue weighted by atomic mass is 16.4. The number of aromatic carboxylic acids is 2. The molecular weight excluding hydrogens is 210 g/mol. The van der Waals surface area contributed by atoms with Crippen LogP contribution in [0.1, 0.15) is 20.7 Å². The highest BCUT2D eigenvalue weighted by Gasteiger charge is 2.10. The molecule has 5 heteroatoms. The van der Waals surface area contributed by atoms with Gasteiger partial charge < -0.3 is 10.2 Å². The fourth-order valence-electron chi connectivity index (χ4n) is 1.47. The maximum Gasteiger partial charge on any atom is 0.336 e. The fraction of sp³-hybridized carbons (Fsp3) is 0. The van der Waals surface area contributed by atoms with Gasteiger partial charge in [-0.15, -0.1) is 0 Å². The zero-order chi connectivity index (χ0) is 11.7. The molecule has 2 aromatic rings. The van der Waals surface area contributed by atoms with Gasteiger partial charge in [0.05, 0.1) is 16.6 Å². The Balaban J connectivity index is 2.73. The second kappa shape index (κ2) is 3.62. The number of pyridine rings is 1. The largest absolute Gasteiger partial charge is 0.478 e. The van der Waals surface area contributed by atoms with Gasteiger partial charge >= 0.3 is 11.9 Å². The van der Waals surface area contributed by atoms with Gasteiger partial charge in [-0.2, -0.15) is 0 Å². The predicted molar refractivity (Wildman–Crippen MR) is 55.7 cm³/mol. The number of benzene rings is 1. The number of carboxylic acids is 2. The molecule has 2 rings (SSSR count). The van der Waals surface area contributed by atoms with Crippen LogP contribution < -0.4 is 0 Å². The molecule has 0 radical (unpaired) electrons. The summed E-state index contributed by atoms with van der Waals surface area (Å²) in [5.41, 5.74) is 0.560. The van der Waals surface area contributed by atoms with Crippen LogP contribution in [0.15, 0.2) is 30.5 Å². The molecule has 0 amide bonds. The van der Waals surface area contributed by atoms with Crippen molar-refractivity contribution in [3.8, 4) is 0 Å². The summed E-state index contributed by atoms with van der Waals surface area (Å²) >= 11 is 0. The molecule has 2 N–H and O–H groups in total. The fourth-order valence-corrected chi connectivity index (χ4v) is 1.47. The Morgan fingerprint density at radius 2 is 1.81 bits per heavy atom. The van der Waals surface area contributed by atoms with E-state index < -0.39 is 11.9 Å². The molecule has 0 unspecified atom stereocenters. The lowest BCUT2D eigenvalue weighted by molar-refractivity contribution is 0.0688. The molecule has 0 aliphatic rings. The van der Waals surface area contributed by atoms with Crippen LogP contribution in [0.3, 0.4) is 0 Å². The quantitative estimate of drug-likeness (QED) is 0.798. The lowest BCUT2D eigenvalue weighted by Gasteiger charge is -2.02. The van der Waals surface area contributed by atoms with Gasteiger partial charge in [-0.3, -0.25) is 4.98 Å². The molecule has 5 nitrogen and oxygen atoms in total. The van der Waals surface area contributed by atoms with Crippen molar-refractivity contribution in [2.45, 2.75) is 0 Å². The molecule has 0 saturated carbocycles. The van der Waals surface area contributed by atoms with E-state index in [0.29, 0.717) is 10.9 Å². The number of carbonyl (C=O) groups is 2. The molecule has 1 aromatic carbocycles. The van der Waals surface area contributed by atoms with Crippen molar-refractivity contribution in [2.24, 2.45) is 0 Å². The van der Waals surface area contributed by atoms with Crippen molar-refractivity contribution >= 4 is 22.8 Å². The van der Waals surface area contributed by atoms with Crippen LogP contribution in [0.2, 0.25) is 0 Å². The zero-order valence-corrected chi connectivity index (χ0v) is 8.04. The molecule has 0 saturated heterocycles. The first-order chi connectivity index (χ1) is 7.59. The standard InChI is InChI=1S/C11H7NO4/c13-10(14)6-1-2-7-8(11(15)16)3-4-12-9(7)5-6/h1-5H,(H,13,14)(H,15,16). The minimum atomic E-state index is -1.07. The Morgan fingerprint density at radius 1 is 1.06 bits per heavy atom. The third-order valence-corrected chi connectivity index (χ3v) is 2.22. The van der Waals surface area contributed by atoms with Gasteiger partial charge in [-0.1, -0.05) is 6.07 Å². The number of aromatic nitrogens is 1. The summed E-state index contributed by atoms with van der Waals surface area (Å²) in [7, 11) is 0. The molecular formula is C11H7NO4. The molecule has 0 atom stereocenters. The van der Waals surface area contributed by atoms with E-state index in [1.807, 2.05) is 0 Å². The second-order valence-electron chi connectivity index (χ2n) is 3.20. The topological polar surface area (TPSA) is 87.5 Å². The smallest absolute Gasteiger partial charge is 0.336 e. The minimum Gasteiger partial charge on any atom is -0.478 e. The lowest BCUT2D eigenvalue weighted by Crippen LogP contribution is -2.00. The van der Waals surface area contributed by atoms with Crippen molar-refractivity contribution in [3.63, 3.8) is 0 Å². The van der Waals surface area contributed by atoms with Crippen LogP contribution in [-0.4, -0.2) is 27.1 Å². The van der Waals surface area contributed by atoms with Gasteiger partial charge in [0.2, 0.25) is 0 Å². The molecule has 1 aromatic heterocycles. The van der Waals surface area contributed by atoms with Crippen molar-refractivity contribution in [2.75, 3.05) is 0 Å². The van der Waals surface area contributed by atoms with Gasteiger partial charge in [0.1, 0.15) is 0 Å². The Labute approximate surface area is 90.0 Å². The average molecular weight is 217 g/mol. The van der Waals surface area contributed by atoms with Gasteiger partial charge in [0.15, 0.2) is 0 Å². The SMILES string of the molecule is O=C(O)c1ccc2c(C(=O)O)ccnc2c1. The molecule has 1 heterocycles. The van der Waals surface area contributed by atoms with E-state index in [1.165, 1.54) is 30.5 Å². The molecule has 80 valence electrons. The van der Waals surface area contributed by atoms with Crippen molar-refractivity contribution in [1.82, 2.24) is 4.98 Å². The Hall–Kier alpha value is -2.43. The number of rotatable bonds is 2. The maximum absolute atomic E-state index is 10.9. The number of fused-ring (bicyclic) bond motifs is 1. The van der Waals surface area contributed by atoms with Crippen molar-refractivity contribution < 1.29 is 19.8 Å². The van der Waals surface area contributed by atoms with Crippen LogP contribution >= 0.6 is 0 Å². The molecule has 0 bridgehead atoms. The molecule has 0 aliphatic carbocycles. The summed E-state index contributed by atoms with van der Waals surface area (Å²) in [6.07, 6.45) is 1.34. The van der Waals surface area contributed by atoms with Crippen LogP contribution in [0.5, 0.6) is 0 Å². The summed E-state index contributed by atoms with van der Waals surface area (Å²) in [6.45, 7) is 0. The van der Waals surface area contributed by atoms with E-state index in [9.17, 15) is 9.59 Å². The normalized spacial score (nSPS) is 10.2. The predicted octanol–water partition coefficient (Wildman–Crippen LogP) is 1.63. The summed E-state index contributed by atoms with van der Waals surface area (Å²) in [5, 5.41) is 18.1. The summed E-state index contributed by atoms with van der Waals surface area (Å²) in [6, 6.07) is 5.54. The van der Waals surface area contributed by atoms with Gasteiger partial charge in [0, 0.05) is 11.6 Å². The first-order valence-electron chi connectivity index (χ1n) is 4.45. The number of nitrogens with zero attached hydrogens (tertiary/aromatic N) is 1. The van der Waals surface area contributed by atoms with E-state index >= 15 is 0 Å². The Morgan fingerprint density at radius 3 is 2.44 bits per heavy atom. The molecule has 16 heavy (non-hydrogen) atoms. The minimum absolute atomic E-state index is 0.0857. The second-order valence-corrected chi connectivity index (χ2v) is 3.20. The monoisotopic (exact) mass is 217 g/mol. The zero-order valence-electron chi connectivity index (χ0n) is 8.04. The Bertz CT molecular complexity index is 592. The van der Waals surface area contributed by atoms with Crippen LogP contribution in [0.4, 0.5) is 0 Å². The first-order valence-corrected chi connectivity index (χ1v) is 4.45. The van der Waals surface area contributed by atoms with Crippen LogP contribution in [0, 0.1) is 0 Å². The van der Waals surface area contributed by atoms with E-state index in [4.69, 9.17) is 10.2 Å². The maximum atomic E-state index is 10.9. The Kier molecular flexibility index (Phi) is 2.28. The number of carboxylic acid groups (broad SMARTS) is 2. The van der Waals surface area contributed by atoms with E-state index in [0.717, 1.165) is 0 Å². The van der Waals surface area contributed by atoms with E-state index in [-0.39, 0.29) is 11.1 Å². The summed E-state index contributed by atoms with van der Waals surface area (Å²) < 4.78 is 0. The highest BCUT2D eigenvalue weighted by molar-refractivity contribution is 6.04. The molecule has 0 spiro atoms. The molecule has 0 aliphatic heterocycles. The first kappa shape index (κ1) is 10.1. The summed E-state index contributed by atoms with van der Waals surface area (Å²) in [4.78, 5) is 25.5. The molecule has 0 fully saturated rings.